The molecule has 0 saturated carbocycles. The van der Waals surface area contributed by atoms with Crippen molar-refractivity contribution in [1.82, 2.24) is 14.8 Å². The number of benzene rings is 1. The third-order valence-electron chi connectivity index (χ3n) is 3.58. The summed E-state index contributed by atoms with van der Waals surface area (Å²) in [6, 6.07) is 9.83. The summed E-state index contributed by atoms with van der Waals surface area (Å²) in [7, 11) is 0. The highest BCUT2D eigenvalue weighted by molar-refractivity contribution is 5.80. The lowest BCUT2D eigenvalue weighted by molar-refractivity contribution is -0.155. The van der Waals surface area contributed by atoms with E-state index in [4.69, 9.17) is 4.74 Å². The minimum absolute atomic E-state index is 0.00342. The fourth-order valence-corrected chi connectivity index (χ4v) is 2.57. The van der Waals surface area contributed by atoms with E-state index >= 15 is 0 Å². The Hall–Kier alpha value is -3.02. The van der Waals surface area contributed by atoms with Gasteiger partial charge in [0.15, 0.2) is 0 Å². The summed E-state index contributed by atoms with van der Waals surface area (Å²) in [4.78, 5) is 16.2. The van der Waals surface area contributed by atoms with Crippen molar-refractivity contribution in [2.24, 2.45) is 0 Å². The molecule has 6 heteroatoms. The highest BCUT2D eigenvalue weighted by Gasteiger charge is 2.19. The predicted molar refractivity (Wildman–Crippen MR) is 96.7 cm³/mol. The largest absolute Gasteiger partial charge is 0.459 e. The van der Waals surface area contributed by atoms with Gasteiger partial charge >= 0.3 is 5.97 Å². The number of rotatable bonds is 4. The molecule has 2 aromatic heterocycles. The molecule has 2 heterocycles. The minimum Gasteiger partial charge on any atom is -0.459 e. The van der Waals surface area contributed by atoms with Crippen molar-refractivity contribution >= 4 is 5.97 Å². The van der Waals surface area contributed by atoms with E-state index in [1.54, 1.807) is 35.4 Å². The van der Waals surface area contributed by atoms with Gasteiger partial charge in [-0.05, 0) is 62.7 Å². The average molecular weight is 353 g/mol. The summed E-state index contributed by atoms with van der Waals surface area (Å²) in [6.07, 6.45) is 5.17. The molecule has 0 bridgehead atoms. The number of aromatic nitrogens is 3. The molecule has 3 rings (SSSR count). The normalized spacial score (nSPS) is 11.4. The maximum Gasteiger partial charge on any atom is 0.328 e. The highest BCUT2D eigenvalue weighted by Crippen LogP contribution is 2.30. The number of halogens is 1. The SMILES string of the molecule is CC(C)(C)OC(=O)Cn1cc(-c2ccncc2)c(-c2ccc(F)cc2)n1. The Morgan fingerprint density at radius 1 is 1.08 bits per heavy atom. The Morgan fingerprint density at radius 2 is 1.73 bits per heavy atom. The van der Waals surface area contributed by atoms with Crippen LogP contribution in [0.15, 0.2) is 55.0 Å². The van der Waals surface area contributed by atoms with Gasteiger partial charge in [-0.1, -0.05) is 0 Å². The van der Waals surface area contributed by atoms with Gasteiger partial charge < -0.3 is 4.74 Å². The molecular weight excluding hydrogens is 333 g/mol. The van der Waals surface area contributed by atoms with E-state index in [0.717, 1.165) is 16.7 Å². The average Bonchev–Trinajstić information content (AvgIpc) is 2.98. The Morgan fingerprint density at radius 3 is 2.35 bits per heavy atom. The molecule has 1 aromatic carbocycles. The molecule has 0 saturated heterocycles. The Labute approximate surface area is 151 Å². The van der Waals surface area contributed by atoms with Gasteiger partial charge in [-0.15, -0.1) is 0 Å². The zero-order chi connectivity index (χ0) is 18.7. The van der Waals surface area contributed by atoms with Crippen LogP contribution < -0.4 is 0 Å². The van der Waals surface area contributed by atoms with E-state index in [9.17, 15) is 9.18 Å². The van der Waals surface area contributed by atoms with Crippen molar-refractivity contribution in [3.63, 3.8) is 0 Å². The molecule has 134 valence electrons. The second-order valence-corrected chi connectivity index (χ2v) is 6.92. The van der Waals surface area contributed by atoms with Crippen LogP contribution in [0.5, 0.6) is 0 Å². The fraction of sp³-hybridized carbons (Fsp3) is 0.250. The molecule has 0 radical (unpaired) electrons. The molecular formula is C20H20FN3O2. The maximum atomic E-state index is 13.3. The molecule has 5 nitrogen and oxygen atoms in total. The first kappa shape index (κ1) is 17.8. The summed E-state index contributed by atoms with van der Waals surface area (Å²) in [5, 5.41) is 4.53. The molecule has 0 aliphatic carbocycles. The standard InChI is InChI=1S/C20H20FN3O2/c1-20(2,3)26-18(25)13-24-12-17(14-8-10-22-11-9-14)19(23-24)15-4-6-16(21)7-5-15/h4-12H,13H2,1-3H3. The van der Waals surface area contributed by atoms with Crippen molar-refractivity contribution in [3.8, 4) is 22.4 Å². The first-order chi connectivity index (χ1) is 12.3. The van der Waals surface area contributed by atoms with Crippen LogP contribution in [0.1, 0.15) is 20.8 Å². The van der Waals surface area contributed by atoms with Gasteiger partial charge in [0.2, 0.25) is 0 Å². The summed E-state index contributed by atoms with van der Waals surface area (Å²) >= 11 is 0. The molecule has 0 spiro atoms. The van der Waals surface area contributed by atoms with E-state index in [2.05, 4.69) is 10.1 Å². The number of esters is 1. The van der Waals surface area contributed by atoms with Gasteiger partial charge in [-0.3, -0.25) is 14.5 Å². The molecule has 0 unspecified atom stereocenters. The van der Waals surface area contributed by atoms with Crippen LogP contribution in [-0.4, -0.2) is 26.3 Å². The van der Waals surface area contributed by atoms with Crippen molar-refractivity contribution < 1.29 is 13.9 Å². The van der Waals surface area contributed by atoms with Gasteiger partial charge in [-0.25, -0.2) is 4.39 Å². The van der Waals surface area contributed by atoms with E-state index in [-0.39, 0.29) is 18.3 Å². The molecule has 0 fully saturated rings. The molecule has 0 atom stereocenters. The first-order valence-electron chi connectivity index (χ1n) is 8.27. The topological polar surface area (TPSA) is 57.0 Å². The van der Waals surface area contributed by atoms with Crippen LogP contribution in [0.2, 0.25) is 0 Å². The van der Waals surface area contributed by atoms with Crippen LogP contribution >= 0.6 is 0 Å². The summed E-state index contributed by atoms with van der Waals surface area (Å²) in [5.41, 5.74) is 2.62. The van der Waals surface area contributed by atoms with E-state index in [0.29, 0.717) is 5.69 Å². The number of ether oxygens (including phenoxy) is 1. The van der Waals surface area contributed by atoms with Gasteiger partial charge in [0, 0.05) is 29.7 Å². The van der Waals surface area contributed by atoms with Gasteiger partial charge in [-0.2, -0.15) is 5.10 Å². The van der Waals surface area contributed by atoms with Crippen LogP contribution in [0.25, 0.3) is 22.4 Å². The number of hydrogen-bond donors (Lipinski definition) is 0. The number of nitrogens with zero attached hydrogens (tertiary/aromatic N) is 3. The third-order valence-corrected chi connectivity index (χ3v) is 3.58. The van der Waals surface area contributed by atoms with Crippen molar-refractivity contribution in [2.45, 2.75) is 32.9 Å². The molecule has 0 amide bonds. The molecule has 0 N–H and O–H groups in total. The maximum absolute atomic E-state index is 13.3. The molecule has 0 aliphatic rings. The lowest BCUT2D eigenvalue weighted by atomic mass is 10.0. The Kier molecular flexibility index (Phi) is 4.84. The summed E-state index contributed by atoms with van der Waals surface area (Å²) in [6.45, 7) is 5.46. The number of carbonyl (C=O) groups is 1. The first-order valence-corrected chi connectivity index (χ1v) is 8.27. The van der Waals surface area contributed by atoms with Crippen LogP contribution in [0.4, 0.5) is 4.39 Å². The summed E-state index contributed by atoms with van der Waals surface area (Å²) in [5.74, 6) is -0.681. The van der Waals surface area contributed by atoms with E-state index in [1.165, 1.54) is 12.1 Å². The predicted octanol–water partition coefficient (Wildman–Crippen LogP) is 4.09. The highest BCUT2D eigenvalue weighted by atomic mass is 19.1. The van der Waals surface area contributed by atoms with Crippen LogP contribution in [0.3, 0.4) is 0 Å². The van der Waals surface area contributed by atoms with E-state index in [1.807, 2.05) is 32.9 Å². The second-order valence-electron chi connectivity index (χ2n) is 6.92. The zero-order valence-electron chi connectivity index (χ0n) is 14.9. The van der Waals surface area contributed by atoms with Crippen LogP contribution in [-0.2, 0) is 16.1 Å². The quantitative estimate of drug-likeness (QED) is 0.663. The van der Waals surface area contributed by atoms with E-state index < -0.39 is 5.60 Å². The van der Waals surface area contributed by atoms with Crippen LogP contribution in [0, 0.1) is 5.82 Å². The van der Waals surface area contributed by atoms with Crippen molar-refractivity contribution in [1.29, 1.82) is 0 Å². The number of pyridine rings is 1. The Bertz CT molecular complexity index is 897. The fourth-order valence-electron chi connectivity index (χ4n) is 2.57. The van der Waals surface area contributed by atoms with Gasteiger partial charge in [0.1, 0.15) is 23.7 Å². The molecule has 0 aliphatic heterocycles. The molecule has 26 heavy (non-hydrogen) atoms. The summed E-state index contributed by atoms with van der Waals surface area (Å²) < 4.78 is 20.2. The lowest BCUT2D eigenvalue weighted by Crippen LogP contribution is -2.26. The Balaban J connectivity index is 1.98. The zero-order valence-corrected chi connectivity index (χ0v) is 14.9. The third kappa shape index (κ3) is 4.33. The lowest BCUT2D eigenvalue weighted by Gasteiger charge is -2.19. The monoisotopic (exact) mass is 353 g/mol. The van der Waals surface area contributed by atoms with Gasteiger partial charge in [0.25, 0.3) is 0 Å². The van der Waals surface area contributed by atoms with Gasteiger partial charge in [0.05, 0.1) is 0 Å². The van der Waals surface area contributed by atoms with Crippen molar-refractivity contribution in [2.75, 3.05) is 0 Å². The number of hydrogen-bond acceptors (Lipinski definition) is 4. The number of carbonyl (C=O) groups excluding carboxylic acids is 1. The minimum atomic E-state index is -0.558. The van der Waals surface area contributed by atoms with Crippen molar-refractivity contribution in [3.05, 3.63) is 60.8 Å². The second kappa shape index (κ2) is 7.07. The molecule has 3 aromatic rings. The smallest absolute Gasteiger partial charge is 0.328 e.